The van der Waals surface area contributed by atoms with E-state index in [0.29, 0.717) is 30.0 Å². The van der Waals surface area contributed by atoms with Gasteiger partial charge >= 0.3 is 0 Å². The summed E-state index contributed by atoms with van der Waals surface area (Å²) in [4.78, 5) is 14.9. The topological polar surface area (TPSA) is 59.0 Å². The first-order valence-corrected chi connectivity index (χ1v) is 11.1. The number of ether oxygens (including phenoxy) is 2. The summed E-state index contributed by atoms with van der Waals surface area (Å²) in [5.74, 6) is 0.737. The molecule has 0 spiro atoms. The Balaban J connectivity index is 1.69. The van der Waals surface area contributed by atoms with Crippen LogP contribution in [-0.4, -0.2) is 36.7 Å². The fourth-order valence-corrected chi connectivity index (χ4v) is 4.52. The maximum absolute atomic E-state index is 13.2. The SMILES string of the molecule is COc1ccc(CCN2C(=O)C(O)=C(c3ccccc3)[C@H]2c2cccc(Br)c2)cc1OC. The van der Waals surface area contributed by atoms with Gasteiger partial charge in [0.25, 0.3) is 5.91 Å². The Morgan fingerprint density at radius 1 is 0.938 bits per heavy atom. The molecule has 0 aliphatic carbocycles. The Labute approximate surface area is 196 Å². The average molecular weight is 494 g/mol. The van der Waals surface area contributed by atoms with E-state index in [2.05, 4.69) is 15.9 Å². The Morgan fingerprint density at radius 2 is 1.69 bits per heavy atom. The van der Waals surface area contributed by atoms with Crippen molar-refractivity contribution in [3.8, 4) is 11.5 Å². The van der Waals surface area contributed by atoms with Gasteiger partial charge in [0.15, 0.2) is 17.3 Å². The number of aliphatic hydroxyl groups excluding tert-OH is 1. The van der Waals surface area contributed by atoms with Crippen LogP contribution in [0, 0.1) is 0 Å². The molecule has 0 fully saturated rings. The first kappa shape index (κ1) is 22.0. The predicted molar refractivity (Wildman–Crippen MR) is 128 cm³/mol. The summed E-state index contributed by atoms with van der Waals surface area (Å²) in [5.41, 5.74) is 3.40. The van der Waals surface area contributed by atoms with Crippen LogP contribution in [0.3, 0.4) is 0 Å². The lowest BCUT2D eigenvalue weighted by molar-refractivity contribution is -0.129. The number of carbonyl (C=O) groups excluding carboxylic acids is 1. The number of amides is 1. The minimum absolute atomic E-state index is 0.200. The number of benzene rings is 3. The van der Waals surface area contributed by atoms with Crippen LogP contribution in [0.5, 0.6) is 11.5 Å². The number of hydrogen-bond donors (Lipinski definition) is 1. The lowest BCUT2D eigenvalue weighted by Crippen LogP contribution is -2.32. The number of carbonyl (C=O) groups is 1. The molecule has 5 nitrogen and oxygen atoms in total. The van der Waals surface area contributed by atoms with E-state index in [9.17, 15) is 9.90 Å². The summed E-state index contributed by atoms with van der Waals surface area (Å²) in [6, 6.07) is 22.8. The van der Waals surface area contributed by atoms with E-state index in [1.165, 1.54) is 0 Å². The molecule has 0 unspecified atom stereocenters. The molecule has 1 aliphatic rings. The van der Waals surface area contributed by atoms with E-state index in [1.54, 1.807) is 19.1 Å². The van der Waals surface area contributed by atoms with Crippen LogP contribution in [0.2, 0.25) is 0 Å². The highest BCUT2D eigenvalue weighted by Crippen LogP contribution is 2.43. The van der Waals surface area contributed by atoms with Gasteiger partial charge in [0.1, 0.15) is 0 Å². The molecule has 0 saturated carbocycles. The van der Waals surface area contributed by atoms with Crippen molar-refractivity contribution in [2.45, 2.75) is 12.5 Å². The van der Waals surface area contributed by atoms with Crippen molar-refractivity contribution in [3.05, 3.63) is 99.7 Å². The maximum Gasteiger partial charge on any atom is 0.289 e. The number of aliphatic hydroxyl groups is 1. The largest absolute Gasteiger partial charge is 0.503 e. The van der Waals surface area contributed by atoms with Crippen LogP contribution in [0.15, 0.2) is 83.0 Å². The number of hydrogen-bond acceptors (Lipinski definition) is 4. The van der Waals surface area contributed by atoms with E-state index in [1.807, 2.05) is 72.8 Å². The van der Waals surface area contributed by atoms with E-state index in [-0.39, 0.29) is 17.7 Å². The number of halogens is 1. The summed E-state index contributed by atoms with van der Waals surface area (Å²) in [5, 5.41) is 10.9. The molecule has 164 valence electrons. The van der Waals surface area contributed by atoms with Crippen LogP contribution in [0.1, 0.15) is 22.7 Å². The fraction of sp³-hybridized carbons (Fsp3) is 0.192. The van der Waals surface area contributed by atoms with E-state index in [0.717, 1.165) is 21.2 Å². The Hall–Kier alpha value is -3.25. The smallest absolute Gasteiger partial charge is 0.289 e. The third-order valence-corrected chi connectivity index (χ3v) is 6.14. The van der Waals surface area contributed by atoms with Crippen LogP contribution < -0.4 is 9.47 Å². The minimum Gasteiger partial charge on any atom is -0.503 e. The maximum atomic E-state index is 13.2. The van der Waals surface area contributed by atoms with Gasteiger partial charge in [0.2, 0.25) is 0 Å². The highest BCUT2D eigenvalue weighted by Gasteiger charge is 2.40. The molecule has 1 aliphatic heterocycles. The first-order valence-electron chi connectivity index (χ1n) is 10.3. The van der Waals surface area contributed by atoms with Crippen molar-refractivity contribution < 1.29 is 19.4 Å². The van der Waals surface area contributed by atoms with Crippen molar-refractivity contribution in [3.63, 3.8) is 0 Å². The summed E-state index contributed by atoms with van der Waals surface area (Å²) >= 11 is 3.53. The van der Waals surface area contributed by atoms with Gasteiger partial charge in [-0.3, -0.25) is 4.79 Å². The average Bonchev–Trinajstić information content (AvgIpc) is 3.08. The molecule has 3 aromatic rings. The zero-order chi connectivity index (χ0) is 22.7. The Bertz CT molecular complexity index is 1160. The van der Waals surface area contributed by atoms with Gasteiger partial charge in [-0.1, -0.05) is 64.5 Å². The third kappa shape index (κ3) is 4.23. The number of nitrogens with zero attached hydrogens (tertiary/aromatic N) is 1. The molecule has 1 N–H and O–H groups in total. The number of rotatable bonds is 7. The second-order valence-electron chi connectivity index (χ2n) is 7.52. The molecular formula is C26H24BrNO4. The zero-order valence-electron chi connectivity index (χ0n) is 17.9. The third-order valence-electron chi connectivity index (χ3n) is 5.64. The van der Waals surface area contributed by atoms with E-state index in [4.69, 9.17) is 9.47 Å². The summed E-state index contributed by atoms with van der Waals surface area (Å²) < 4.78 is 11.6. The van der Waals surface area contributed by atoms with Gasteiger partial charge in [0, 0.05) is 16.6 Å². The lowest BCUT2D eigenvalue weighted by atomic mass is 9.93. The van der Waals surface area contributed by atoms with Gasteiger partial charge in [0.05, 0.1) is 20.3 Å². The van der Waals surface area contributed by atoms with Crippen molar-refractivity contribution in [2.75, 3.05) is 20.8 Å². The molecule has 0 radical (unpaired) electrons. The normalized spacial score (nSPS) is 15.9. The summed E-state index contributed by atoms with van der Waals surface area (Å²) in [6.45, 7) is 0.436. The molecule has 3 aromatic carbocycles. The lowest BCUT2D eigenvalue weighted by Gasteiger charge is -2.27. The van der Waals surface area contributed by atoms with Gasteiger partial charge in [-0.15, -0.1) is 0 Å². The highest BCUT2D eigenvalue weighted by atomic mass is 79.9. The van der Waals surface area contributed by atoms with Crippen molar-refractivity contribution in [1.29, 1.82) is 0 Å². The van der Waals surface area contributed by atoms with Crippen LogP contribution in [0.25, 0.3) is 5.57 Å². The second-order valence-corrected chi connectivity index (χ2v) is 8.44. The van der Waals surface area contributed by atoms with Crippen LogP contribution >= 0.6 is 15.9 Å². The standard InChI is InChI=1S/C26H24BrNO4/c1-31-21-12-11-17(15-22(21)32-2)13-14-28-24(19-9-6-10-20(27)16-19)23(25(29)26(28)30)18-7-4-3-5-8-18/h3-12,15-16,24,29H,13-14H2,1-2H3/t24-/m1/s1. The molecule has 0 aromatic heterocycles. The molecule has 0 bridgehead atoms. The molecule has 1 atom stereocenters. The molecular weight excluding hydrogens is 470 g/mol. The Morgan fingerprint density at radius 3 is 2.38 bits per heavy atom. The van der Waals surface area contributed by atoms with Crippen molar-refractivity contribution in [1.82, 2.24) is 4.90 Å². The zero-order valence-corrected chi connectivity index (χ0v) is 19.5. The summed E-state index contributed by atoms with van der Waals surface area (Å²) in [7, 11) is 3.20. The molecule has 1 amide bonds. The van der Waals surface area contributed by atoms with Gasteiger partial charge in [-0.25, -0.2) is 0 Å². The van der Waals surface area contributed by atoms with Crippen molar-refractivity contribution in [2.24, 2.45) is 0 Å². The second kappa shape index (κ2) is 9.49. The fourth-order valence-electron chi connectivity index (χ4n) is 4.11. The van der Waals surface area contributed by atoms with Gasteiger partial charge in [-0.05, 0) is 47.4 Å². The highest BCUT2D eigenvalue weighted by molar-refractivity contribution is 9.10. The van der Waals surface area contributed by atoms with Crippen molar-refractivity contribution >= 4 is 27.4 Å². The summed E-state index contributed by atoms with van der Waals surface area (Å²) in [6.07, 6.45) is 0.603. The first-order chi connectivity index (χ1) is 15.5. The van der Waals surface area contributed by atoms with E-state index >= 15 is 0 Å². The van der Waals surface area contributed by atoms with Gasteiger partial charge < -0.3 is 19.5 Å². The van der Waals surface area contributed by atoms with Crippen LogP contribution in [-0.2, 0) is 11.2 Å². The predicted octanol–water partition coefficient (Wildman–Crippen LogP) is 5.56. The molecule has 6 heteroatoms. The van der Waals surface area contributed by atoms with Crippen LogP contribution in [0.4, 0.5) is 0 Å². The molecule has 0 saturated heterocycles. The molecule has 32 heavy (non-hydrogen) atoms. The minimum atomic E-state index is -0.387. The van der Waals surface area contributed by atoms with Gasteiger partial charge in [-0.2, -0.15) is 0 Å². The molecule has 4 rings (SSSR count). The Kier molecular flexibility index (Phi) is 6.51. The monoisotopic (exact) mass is 493 g/mol. The molecule has 1 heterocycles. The number of methoxy groups -OCH3 is 2. The van der Waals surface area contributed by atoms with E-state index < -0.39 is 0 Å². The quantitative estimate of drug-likeness (QED) is 0.467.